The van der Waals surface area contributed by atoms with Crippen molar-refractivity contribution in [3.8, 4) is 0 Å². The van der Waals surface area contributed by atoms with E-state index in [1.165, 1.54) is 0 Å². The Hall–Kier alpha value is -1.35. The molecule has 16 heavy (non-hydrogen) atoms. The van der Waals surface area contributed by atoms with Gasteiger partial charge in [0.05, 0.1) is 8.07 Å². The van der Waals surface area contributed by atoms with E-state index in [0.717, 1.165) is 10.8 Å². The summed E-state index contributed by atoms with van der Waals surface area (Å²) < 4.78 is 0. The smallest absolute Gasteiger partial charge is 0.242 e. The molecular weight excluding hydrogens is 214 g/mol. The molecule has 0 radical (unpaired) electrons. The third kappa shape index (κ3) is 3.66. The fourth-order valence-corrected chi connectivity index (χ4v) is 2.00. The molecule has 0 aliphatic rings. The lowest BCUT2D eigenvalue weighted by atomic mass is 10.2. The fourth-order valence-electron chi connectivity index (χ4n) is 1.23. The molecule has 0 aromatic heterocycles. The van der Waals surface area contributed by atoms with Crippen LogP contribution in [0.15, 0.2) is 42.1 Å². The maximum atomic E-state index is 11.8. The van der Waals surface area contributed by atoms with E-state index in [-0.39, 0.29) is 5.91 Å². The Kier molecular flexibility index (Phi) is 4.07. The lowest BCUT2D eigenvalue weighted by molar-refractivity contribution is -0.117. The second kappa shape index (κ2) is 5.12. The van der Waals surface area contributed by atoms with Gasteiger partial charge in [-0.1, -0.05) is 56.6 Å². The summed E-state index contributed by atoms with van der Waals surface area (Å²) in [5.74, 6) is -0.0111. The van der Waals surface area contributed by atoms with Crippen LogP contribution in [0.4, 0.5) is 0 Å². The van der Waals surface area contributed by atoms with Crippen molar-refractivity contribution >= 4 is 14.0 Å². The van der Waals surface area contributed by atoms with Crippen LogP contribution < -0.4 is 5.32 Å². The second-order valence-corrected chi connectivity index (χ2v) is 10.0. The van der Waals surface area contributed by atoms with Crippen LogP contribution in [0.3, 0.4) is 0 Å². The summed E-state index contributed by atoms with van der Waals surface area (Å²) in [4.78, 5) is 11.8. The lowest BCUT2D eigenvalue weighted by Gasteiger charge is -2.18. The molecule has 1 aromatic carbocycles. The van der Waals surface area contributed by atoms with Crippen molar-refractivity contribution in [2.45, 2.75) is 26.2 Å². The van der Waals surface area contributed by atoms with Crippen molar-refractivity contribution < 1.29 is 4.79 Å². The van der Waals surface area contributed by atoms with E-state index in [1.807, 2.05) is 30.3 Å². The zero-order chi connectivity index (χ0) is 12.2. The van der Waals surface area contributed by atoms with Gasteiger partial charge in [-0.3, -0.25) is 4.79 Å². The fraction of sp³-hybridized carbons (Fsp3) is 0.308. The van der Waals surface area contributed by atoms with Crippen LogP contribution in [0, 0.1) is 0 Å². The van der Waals surface area contributed by atoms with Crippen LogP contribution in [0.1, 0.15) is 5.56 Å². The summed E-state index contributed by atoms with van der Waals surface area (Å²) in [5, 5.41) is 3.65. The quantitative estimate of drug-likeness (QED) is 0.629. The lowest BCUT2D eigenvalue weighted by Crippen LogP contribution is -2.36. The molecule has 0 spiro atoms. The van der Waals surface area contributed by atoms with Gasteiger partial charge in [0.15, 0.2) is 0 Å². The van der Waals surface area contributed by atoms with Crippen LogP contribution in [0.25, 0.3) is 0 Å². The maximum Gasteiger partial charge on any atom is 0.242 e. The SMILES string of the molecule is C=C(C(=O)NCc1ccccc1)[Si](C)(C)C. The van der Waals surface area contributed by atoms with Crippen molar-refractivity contribution in [3.05, 3.63) is 47.7 Å². The minimum Gasteiger partial charge on any atom is -0.349 e. The summed E-state index contributed by atoms with van der Waals surface area (Å²) >= 11 is 0. The summed E-state index contributed by atoms with van der Waals surface area (Å²) in [6.45, 7) is 10.8. The highest BCUT2D eigenvalue weighted by molar-refractivity contribution is 6.87. The summed E-state index contributed by atoms with van der Waals surface area (Å²) in [5.41, 5.74) is 1.11. The number of benzene rings is 1. The van der Waals surface area contributed by atoms with Crippen molar-refractivity contribution in [1.29, 1.82) is 0 Å². The monoisotopic (exact) mass is 233 g/mol. The predicted octanol–water partition coefficient (Wildman–Crippen LogP) is 2.74. The Morgan fingerprint density at radius 3 is 2.31 bits per heavy atom. The van der Waals surface area contributed by atoms with Gasteiger partial charge in [-0.15, -0.1) is 0 Å². The molecule has 86 valence electrons. The molecule has 0 aliphatic carbocycles. The molecule has 0 unspecified atom stereocenters. The molecule has 0 saturated carbocycles. The van der Waals surface area contributed by atoms with Gasteiger partial charge in [0.2, 0.25) is 5.91 Å². The van der Waals surface area contributed by atoms with Gasteiger partial charge in [-0.2, -0.15) is 0 Å². The molecule has 1 rings (SSSR count). The van der Waals surface area contributed by atoms with Crippen LogP contribution in [-0.2, 0) is 11.3 Å². The minimum absolute atomic E-state index is 0.0111. The highest BCUT2D eigenvalue weighted by Crippen LogP contribution is 2.12. The zero-order valence-corrected chi connectivity index (χ0v) is 11.2. The van der Waals surface area contributed by atoms with Crippen LogP contribution in [0.5, 0.6) is 0 Å². The first kappa shape index (κ1) is 12.7. The van der Waals surface area contributed by atoms with Gasteiger partial charge < -0.3 is 5.32 Å². The summed E-state index contributed by atoms with van der Waals surface area (Å²) in [7, 11) is -1.57. The van der Waals surface area contributed by atoms with Gasteiger partial charge in [0.1, 0.15) is 0 Å². The molecule has 1 N–H and O–H groups in total. The molecule has 1 amide bonds. The molecule has 3 heteroatoms. The molecule has 0 aliphatic heterocycles. The van der Waals surface area contributed by atoms with E-state index in [2.05, 4.69) is 31.5 Å². The standard InChI is InChI=1S/C13H19NOSi/c1-11(16(2,3)4)13(15)14-10-12-8-6-5-7-9-12/h5-9H,1,10H2,2-4H3,(H,14,15). The Morgan fingerprint density at radius 1 is 1.25 bits per heavy atom. The molecule has 2 nitrogen and oxygen atoms in total. The molecule has 0 bridgehead atoms. The van der Waals surface area contributed by atoms with E-state index >= 15 is 0 Å². The number of rotatable bonds is 4. The maximum absolute atomic E-state index is 11.8. The van der Waals surface area contributed by atoms with Crippen molar-refractivity contribution in [1.82, 2.24) is 5.32 Å². The van der Waals surface area contributed by atoms with Crippen LogP contribution in [-0.4, -0.2) is 14.0 Å². The molecule has 0 saturated heterocycles. The van der Waals surface area contributed by atoms with Gasteiger partial charge in [0, 0.05) is 6.54 Å². The van der Waals surface area contributed by atoms with Gasteiger partial charge in [0.25, 0.3) is 0 Å². The van der Waals surface area contributed by atoms with Crippen molar-refractivity contribution in [2.24, 2.45) is 0 Å². The Labute approximate surface area is 98.4 Å². The van der Waals surface area contributed by atoms with E-state index in [1.54, 1.807) is 0 Å². The van der Waals surface area contributed by atoms with Crippen molar-refractivity contribution in [3.63, 3.8) is 0 Å². The minimum atomic E-state index is -1.57. The molecule has 0 heterocycles. The average Bonchev–Trinajstić information content (AvgIpc) is 2.25. The first-order chi connectivity index (χ1) is 7.41. The third-order valence-electron chi connectivity index (χ3n) is 2.48. The van der Waals surface area contributed by atoms with Crippen molar-refractivity contribution in [2.75, 3.05) is 0 Å². The van der Waals surface area contributed by atoms with E-state index in [4.69, 9.17) is 0 Å². The van der Waals surface area contributed by atoms with E-state index in [9.17, 15) is 4.79 Å². The summed E-state index contributed by atoms with van der Waals surface area (Å²) in [6.07, 6.45) is 0. The first-order valence-corrected chi connectivity index (χ1v) is 8.93. The number of carbonyl (C=O) groups is 1. The topological polar surface area (TPSA) is 29.1 Å². The van der Waals surface area contributed by atoms with Crippen LogP contribution >= 0.6 is 0 Å². The zero-order valence-electron chi connectivity index (χ0n) is 10.2. The number of hydrogen-bond acceptors (Lipinski definition) is 1. The number of amides is 1. The number of carbonyl (C=O) groups excluding carboxylic acids is 1. The normalized spacial score (nSPS) is 10.9. The third-order valence-corrected chi connectivity index (χ3v) is 4.51. The van der Waals surface area contributed by atoms with Gasteiger partial charge in [-0.25, -0.2) is 0 Å². The Bertz CT molecular complexity index is 379. The average molecular weight is 233 g/mol. The Balaban J connectivity index is 2.51. The summed E-state index contributed by atoms with van der Waals surface area (Å²) in [6, 6.07) is 9.89. The molecule has 0 atom stereocenters. The van der Waals surface area contributed by atoms with E-state index < -0.39 is 8.07 Å². The van der Waals surface area contributed by atoms with E-state index in [0.29, 0.717) is 6.54 Å². The highest BCUT2D eigenvalue weighted by atomic mass is 28.3. The van der Waals surface area contributed by atoms with Gasteiger partial charge >= 0.3 is 0 Å². The second-order valence-electron chi connectivity index (χ2n) is 4.90. The molecular formula is C13H19NOSi. The number of hydrogen-bond donors (Lipinski definition) is 1. The molecule has 1 aromatic rings. The van der Waals surface area contributed by atoms with Crippen LogP contribution in [0.2, 0.25) is 19.6 Å². The molecule has 0 fully saturated rings. The Morgan fingerprint density at radius 2 is 1.81 bits per heavy atom. The number of nitrogens with one attached hydrogen (secondary N) is 1. The highest BCUT2D eigenvalue weighted by Gasteiger charge is 2.23. The van der Waals surface area contributed by atoms with Gasteiger partial charge in [-0.05, 0) is 10.8 Å². The first-order valence-electron chi connectivity index (χ1n) is 5.43. The predicted molar refractivity (Wildman–Crippen MR) is 70.8 cm³/mol. The largest absolute Gasteiger partial charge is 0.349 e.